The van der Waals surface area contributed by atoms with Gasteiger partial charge in [0.05, 0.1) is 4.88 Å². The van der Waals surface area contributed by atoms with Crippen LogP contribution in [0.15, 0.2) is 41.8 Å². The number of carbonyl (C=O) groups is 2. The molecule has 2 amide bonds. The van der Waals surface area contributed by atoms with Gasteiger partial charge in [-0.15, -0.1) is 11.3 Å². The quantitative estimate of drug-likeness (QED) is 0.904. The second-order valence-corrected chi connectivity index (χ2v) is 7.45. The Morgan fingerprint density at radius 1 is 1.21 bits per heavy atom. The summed E-state index contributed by atoms with van der Waals surface area (Å²) in [6.45, 7) is 4.81. The molecular weight excluding hydrogens is 320 g/mol. The first kappa shape index (κ1) is 16.7. The van der Waals surface area contributed by atoms with Crippen LogP contribution in [-0.2, 0) is 11.2 Å². The Morgan fingerprint density at radius 2 is 2.00 bits per heavy atom. The molecule has 0 bridgehead atoms. The van der Waals surface area contributed by atoms with E-state index in [1.54, 1.807) is 6.07 Å². The first-order valence-corrected chi connectivity index (χ1v) is 9.18. The highest BCUT2D eigenvalue weighted by atomic mass is 32.1. The minimum atomic E-state index is -0.495. The fourth-order valence-corrected chi connectivity index (χ4v) is 3.71. The number of nitrogens with one attached hydrogen (secondary N) is 1. The Morgan fingerprint density at radius 3 is 2.71 bits per heavy atom. The van der Waals surface area contributed by atoms with Crippen LogP contribution in [0, 0.1) is 5.92 Å². The molecule has 2 heterocycles. The van der Waals surface area contributed by atoms with Crippen molar-refractivity contribution in [3.05, 3.63) is 52.2 Å². The summed E-state index contributed by atoms with van der Waals surface area (Å²) >= 11 is 1.39. The first-order chi connectivity index (χ1) is 11.6. The van der Waals surface area contributed by atoms with Crippen molar-refractivity contribution in [2.24, 2.45) is 5.92 Å². The van der Waals surface area contributed by atoms with Gasteiger partial charge < -0.3 is 10.2 Å². The maximum atomic E-state index is 13.1. The largest absolute Gasteiger partial charge is 0.340 e. The monoisotopic (exact) mass is 342 g/mol. The van der Waals surface area contributed by atoms with E-state index < -0.39 is 6.04 Å². The van der Waals surface area contributed by atoms with Gasteiger partial charge in [-0.3, -0.25) is 9.59 Å². The maximum Gasteiger partial charge on any atom is 0.261 e. The van der Waals surface area contributed by atoms with Gasteiger partial charge in [-0.05, 0) is 41.8 Å². The summed E-state index contributed by atoms with van der Waals surface area (Å²) in [6.07, 6.45) is 1.50. The summed E-state index contributed by atoms with van der Waals surface area (Å²) in [7, 11) is 0. The van der Waals surface area contributed by atoms with Crippen LogP contribution < -0.4 is 10.2 Å². The summed E-state index contributed by atoms with van der Waals surface area (Å²) < 4.78 is 0. The lowest BCUT2D eigenvalue weighted by Crippen LogP contribution is -2.48. The maximum absolute atomic E-state index is 13.1. The molecule has 1 atom stereocenters. The third-order valence-corrected chi connectivity index (χ3v) is 5.08. The number of thiophene rings is 1. The fraction of sp³-hybridized carbons (Fsp3) is 0.368. The third kappa shape index (κ3) is 3.51. The number of fused-ring (bicyclic) bond motifs is 1. The zero-order chi connectivity index (χ0) is 17.1. The Balaban J connectivity index is 1.78. The van der Waals surface area contributed by atoms with Gasteiger partial charge in [-0.1, -0.05) is 38.1 Å². The number of rotatable bonds is 5. The van der Waals surface area contributed by atoms with Crippen molar-refractivity contribution < 1.29 is 9.59 Å². The molecule has 1 aliphatic heterocycles. The van der Waals surface area contributed by atoms with Gasteiger partial charge in [-0.25, -0.2) is 0 Å². The molecule has 0 unspecified atom stereocenters. The third-order valence-electron chi connectivity index (χ3n) is 4.21. The summed E-state index contributed by atoms with van der Waals surface area (Å²) in [6, 6.07) is 11.1. The number of anilines is 1. The van der Waals surface area contributed by atoms with E-state index in [9.17, 15) is 9.59 Å². The summed E-state index contributed by atoms with van der Waals surface area (Å²) in [5.41, 5.74) is 2.17. The van der Waals surface area contributed by atoms with Gasteiger partial charge in [0.25, 0.3) is 5.91 Å². The van der Waals surface area contributed by atoms with Crippen molar-refractivity contribution in [3.8, 4) is 0 Å². The van der Waals surface area contributed by atoms with Crippen LogP contribution in [0.1, 0.15) is 35.5 Å². The average Bonchev–Trinajstić information content (AvgIpc) is 3.22. The van der Waals surface area contributed by atoms with E-state index in [0.717, 1.165) is 12.1 Å². The average molecular weight is 342 g/mol. The van der Waals surface area contributed by atoms with E-state index in [2.05, 4.69) is 25.2 Å². The van der Waals surface area contributed by atoms with E-state index in [4.69, 9.17) is 0 Å². The second kappa shape index (κ2) is 7.18. The van der Waals surface area contributed by atoms with Crippen LogP contribution in [0.2, 0.25) is 0 Å². The first-order valence-electron chi connectivity index (χ1n) is 8.30. The highest BCUT2D eigenvalue weighted by Crippen LogP contribution is 2.28. The Kier molecular flexibility index (Phi) is 5.00. The van der Waals surface area contributed by atoms with E-state index in [1.165, 1.54) is 16.9 Å². The molecular formula is C19H22N2O2S. The molecule has 0 saturated heterocycles. The molecule has 0 fully saturated rings. The molecule has 0 spiro atoms. The molecule has 3 rings (SSSR count). The summed E-state index contributed by atoms with van der Waals surface area (Å²) in [5.74, 6) is 0.135. The van der Waals surface area contributed by atoms with E-state index in [1.807, 2.05) is 34.5 Å². The van der Waals surface area contributed by atoms with Gasteiger partial charge in [0.15, 0.2) is 0 Å². The number of para-hydroxylation sites is 1. The molecule has 24 heavy (non-hydrogen) atoms. The number of hydrogen-bond acceptors (Lipinski definition) is 3. The zero-order valence-electron chi connectivity index (χ0n) is 14.0. The molecule has 1 aromatic carbocycles. The SMILES string of the molecule is CC(C)C[C@H](NC(=O)c1cccs1)C(=O)N1CCc2ccccc21. The van der Waals surface area contributed by atoms with Crippen LogP contribution in [0.25, 0.3) is 0 Å². The fourth-order valence-electron chi connectivity index (χ4n) is 3.09. The standard InChI is InChI=1S/C19H22N2O2S/c1-13(2)12-15(20-18(22)17-8-5-11-24-17)19(23)21-10-9-14-6-3-4-7-16(14)21/h3-8,11,13,15H,9-10,12H2,1-2H3,(H,20,22)/t15-/m0/s1. The molecule has 126 valence electrons. The lowest BCUT2D eigenvalue weighted by Gasteiger charge is -2.26. The van der Waals surface area contributed by atoms with Gasteiger partial charge >= 0.3 is 0 Å². The number of amides is 2. The highest BCUT2D eigenvalue weighted by Gasteiger charge is 2.31. The van der Waals surface area contributed by atoms with E-state index in [-0.39, 0.29) is 11.8 Å². The Hall–Kier alpha value is -2.14. The number of carbonyl (C=O) groups excluding carboxylic acids is 2. The predicted octanol–water partition coefficient (Wildman–Crippen LogP) is 3.48. The van der Waals surface area contributed by atoms with Crippen molar-refractivity contribution in [3.63, 3.8) is 0 Å². The number of nitrogens with zero attached hydrogens (tertiary/aromatic N) is 1. The van der Waals surface area contributed by atoms with E-state index in [0.29, 0.717) is 23.8 Å². The Bertz CT molecular complexity index is 725. The highest BCUT2D eigenvalue weighted by molar-refractivity contribution is 7.12. The second-order valence-electron chi connectivity index (χ2n) is 6.50. The van der Waals surface area contributed by atoms with Crippen molar-refractivity contribution in [1.29, 1.82) is 0 Å². The van der Waals surface area contributed by atoms with Gasteiger partial charge in [0.2, 0.25) is 5.91 Å². The van der Waals surface area contributed by atoms with Gasteiger partial charge in [0, 0.05) is 12.2 Å². The van der Waals surface area contributed by atoms with Gasteiger partial charge in [0.1, 0.15) is 6.04 Å². The van der Waals surface area contributed by atoms with Crippen LogP contribution in [0.3, 0.4) is 0 Å². The molecule has 0 aliphatic carbocycles. The summed E-state index contributed by atoms with van der Waals surface area (Å²) in [5, 5.41) is 4.80. The molecule has 1 aliphatic rings. The molecule has 1 aromatic heterocycles. The predicted molar refractivity (Wildman–Crippen MR) is 97.5 cm³/mol. The lowest BCUT2D eigenvalue weighted by atomic mass is 10.0. The van der Waals surface area contributed by atoms with Crippen LogP contribution >= 0.6 is 11.3 Å². The number of benzene rings is 1. The molecule has 0 radical (unpaired) electrons. The molecule has 5 heteroatoms. The lowest BCUT2D eigenvalue weighted by molar-refractivity contribution is -0.120. The Labute approximate surface area is 146 Å². The van der Waals surface area contributed by atoms with Crippen LogP contribution in [0.5, 0.6) is 0 Å². The van der Waals surface area contributed by atoms with Crippen LogP contribution in [0.4, 0.5) is 5.69 Å². The minimum absolute atomic E-state index is 0.0152. The van der Waals surface area contributed by atoms with Crippen molar-refractivity contribution in [2.75, 3.05) is 11.4 Å². The minimum Gasteiger partial charge on any atom is -0.340 e. The van der Waals surface area contributed by atoms with Crippen LogP contribution in [-0.4, -0.2) is 24.4 Å². The number of hydrogen-bond donors (Lipinski definition) is 1. The van der Waals surface area contributed by atoms with Crippen molar-refractivity contribution in [1.82, 2.24) is 5.32 Å². The van der Waals surface area contributed by atoms with Crippen molar-refractivity contribution >= 4 is 28.8 Å². The topological polar surface area (TPSA) is 49.4 Å². The molecule has 4 nitrogen and oxygen atoms in total. The summed E-state index contributed by atoms with van der Waals surface area (Å²) in [4.78, 5) is 27.9. The smallest absolute Gasteiger partial charge is 0.261 e. The molecule has 0 saturated carbocycles. The van der Waals surface area contributed by atoms with E-state index >= 15 is 0 Å². The van der Waals surface area contributed by atoms with Crippen molar-refractivity contribution in [2.45, 2.75) is 32.7 Å². The van der Waals surface area contributed by atoms with Gasteiger partial charge in [-0.2, -0.15) is 0 Å². The normalized spacial score (nSPS) is 14.5. The molecule has 1 N–H and O–H groups in total. The molecule has 2 aromatic rings. The zero-order valence-corrected chi connectivity index (χ0v) is 14.8.